The molecule has 2 N–H and O–H groups in total. The lowest BCUT2D eigenvalue weighted by atomic mass is 10.0. The topological polar surface area (TPSA) is 32.3 Å². The van der Waals surface area contributed by atoms with Gasteiger partial charge in [0, 0.05) is 17.3 Å². The molecular weight excluding hydrogens is 266 g/mol. The largest absolute Gasteiger partial charge is 0.395 e. The van der Waals surface area contributed by atoms with Gasteiger partial charge in [0.15, 0.2) is 0 Å². The molecule has 0 fully saturated rings. The maximum atomic E-state index is 9.36. The van der Waals surface area contributed by atoms with Crippen molar-refractivity contribution in [2.45, 2.75) is 31.2 Å². The second-order valence-corrected chi connectivity index (χ2v) is 6.32. The number of hydrogen-bond acceptors (Lipinski definition) is 3. The van der Waals surface area contributed by atoms with Gasteiger partial charge in [-0.05, 0) is 42.5 Å². The van der Waals surface area contributed by atoms with Crippen molar-refractivity contribution < 1.29 is 5.11 Å². The number of aliphatic hydroxyl groups is 1. The Hall–Kier alpha value is -1.03. The first-order valence-corrected chi connectivity index (χ1v) is 8.33. The Morgan fingerprint density at radius 2 is 1.80 bits per heavy atom. The van der Waals surface area contributed by atoms with Gasteiger partial charge in [-0.25, -0.2) is 0 Å². The van der Waals surface area contributed by atoms with E-state index in [1.165, 1.54) is 16.3 Å². The molecule has 0 heterocycles. The fraction of sp³-hybridized carbons (Fsp3) is 0.412. The molecule has 2 nitrogen and oxygen atoms in total. The number of fused-ring (bicyclic) bond motifs is 1. The van der Waals surface area contributed by atoms with Crippen LogP contribution in [0.5, 0.6) is 0 Å². The van der Waals surface area contributed by atoms with E-state index in [1.807, 2.05) is 6.26 Å². The molecule has 0 saturated carbocycles. The van der Waals surface area contributed by atoms with Crippen LogP contribution in [0.2, 0.25) is 0 Å². The van der Waals surface area contributed by atoms with Crippen molar-refractivity contribution in [1.82, 2.24) is 5.32 Å². The van der Waals surface area contributed by atoms with Crippen LogP contribution in [0.4, 0.5) is 0 Å². The van der Waals surface area contributed by atoms with Crippen molar-refractivity contribution in [3.8, 4) is 0 Å². The lowest BCUT2D eigenvalue weighted by molar-refractivity contribution is 0.272. The highest BCUT2D eigenvalue weighted by molar-refractivity contribution is 7.99. The molecule has 3 heteroatoms. The van der Waals surface area contributed by atoms with Crippen LogP contribution in [0.25, 0.3) is 10.8 Å². The van der Waals surface area contributed by atoms with Gasteiger partial charge < -0.3 is 10.4 Å². The molecule has 0 aliphatic heterocycles. The van der Waals surface area contributed by atoms with E-state index in [0.29, 0.717) is 0 Å². The van der Waals surface area contributed by atoms with Gasteiger partial charge in [0.1, 0.15) is 0 Å². The molecule has 0 aliphatic carbocycles. The van der Waals surface area contributed by atoms with Gasteiger partial charge in [0.05, 0.1) is 6.61 Å². The first-order valence-electron chi connectivity index (χ1n) is 7.04. The predicted octanol–water partition coefficient (Wildman–Crippen LogP) is 3.60. The van der Waals surface area contributed by atoms with Gasteiger partial charge in [0.25, 0.3) is 0 Å². The number of nitrogens with one attached hydrogen (secondary N) is 1. The summed E-state index contributed by atoms with van der Waals surface area (Å²) in [6, 6.07) is 15.6. The minimum Gasteiger partial charge on any atom is -0.395 e. The van der Waals surface area contributed by atoms with Crippen molar-refractivity contribution in [1.29, 1.82) is 0 Å². The average molecular weight is 289 g/mol. The van der Waals surface area contributed by atoms with Crippen LogP contribution in [0.1, 0.15) is 25.5 Å². The molecule has 0 bridgehead atoms. The quantitative estimate of drug-likeness (QED) is 0.852. The van der Waals surface area contributed by atoms with Gasteiger partial charge in [-0.3, -0.25) is 0 Å². The molecule has 0 aromatic heterocycles. The third-order valence-corrected chi connectivity index (χ3v) is 4.99. The lowest BCUT2D eigenvalue weighted by Crippen LogP contribution is -2.38. The fourth-order valence-corrected chi connectivity index (χ4v) is 3.15. The minimum atomic E-state index is 0.208. The minimum absolute atomic E-state index is 0.208. The molecule has 0 aliphatic rings. The van der Waals surface area contributed by atoms with Crippen LogP contribution in [0.15, 0.2) is 42.5 Å². The molecule has 2 aromatic rings. The van der Waals surface area contributed by atoms with Crippen LogP contribution in [0, 0.1) is 0 Å². The monoisotopic (exact) mass is 289 g/mol. The molecule has 0 spiro atoms. The van der Waals surface area contributed by atoms with Crippen molar-refractivity contribution in [3.05, 3.63) is 48.0 Å². The standard InChI is InChI=1S/C17H23NOS/c1-12(18-13(2)17(11-19)20-3)15-9-8-14-6-4-5-7-16(14)10-15/h4-10,12-13,17-19H,11H2,1-3H3. The van der Waals surface area contributed by atoms with E-state index in [9.17, 15) is 5.11 Å². The molecule has 0 radical (unpaired) electrons. The molecule has 0 amide bonds. The zero-order valence-corrected chi connectivity index (χ0v) is 13.2. The highest BCUT2D eigenvalue weighted by Gasteiger charge is 2.17. The summed E-state index contributed by atoms with van der Waals surface area (Å²) in [5.74, 6) is 0. The van der Waals surface area contributed by atoms with Crippen molar-refractivity contribution in [2.75, 3.05) is 12.9 Å². The smallest absolute Gasteiger partial charge is 0.0564 e. The van der Waals surface area contributed by atoms with Crippen LogP contribution in [-0.2, 0) is 0 Å². The fourth-order valence-electron chi connectivity index (χ4n) is 2.51. The summed E-state index contributed by atoms with van der Waals surface area (Å²) < 4.78 is 0. The molecular formula is C17H23NOS. The number of thioether (sulfide) groups is 1. The zero-order chi connectivity index (χ0) is 14.5. The summed E-state index contributed by atoms with van der Waals surface area (Å²) in [5.41, 5.74) is 1.29. The number of benzene rings is 2. The van der Waals surface area contributed by atoms with Crippen LogP contribution >= 0.6 is 11.8 Å². The van der Waals surface area contributed by atoms with Crippen LogP contribution in [-0.4, -0.2) is 29.3 Å². The van der Waals surface area contributed by atoms with E-state index in [1.54, 1.807) is 11.8 Å². The van der Waals surface area contributed by atoms with Crippen molar-refractivity contribution in [2.24, 2.45) is 0 Å². The second-order valence-electron chi connectivity index (χ2n) is 5.24. The summed E-state index contributed by atoms with van der Waals surface area (Å²) >= 11 is 1.71. The third kappa shape index (κ3) is 3.54. The average Bonchev–Trinajstić information content (AvgIpc) is 2.48. The Bertz CT molecular complexity index is 553. The normalized spacial score (nSPS) is 16.0. The van der Waals surface area contributed by atoms with E-state index in [4.69, 9.17) is 0 Å². The Morgan fingerprint density at radius 1 is 1.10 bits per heavy atom. The van der Waals surface area contributed by atoms with Gasteiger partial charge in [-0.2, -0.15) is 11.8 Å². The number of hydrogen-bond donors (Lipinski definition) is 2. The predicted molar refractivity (Wildman–Crippen MR) is 89.3 cm³/mol. The Labute approximate surface area is 125 Å². The van der Waals surface area contributed by atoms with E-state index in [0.717, 1.165) is 0 Å². The van der Waals surface area contributed by atoms with E-state index >= 15 is 0 Å². The highest BCUT2D eigenvalue weighted by atomic mass is 32.2. The second kappa shape index (κ2) is 7.11. The van der Waals surface area contributed by atoms with E-state index in [2.05, 4.69) is 61.6 Å². The first kappa shape index (κ1) is 15.4. The molecule has 2 aromatic carbocycles. The Balaban J connectivity index is 2.12. The molecule has 3 atom stereocenters. The maximum absolute atomic E-state index is 9.36. The maximum Gasteiger partial charge on any atom is 0.0564 e. The van der Waals surface area contributed by atoms with Crippen LogP contribution < -0.4 is 5.32 Å². The summed E-state index contributed by atoms with van der Waals surface area (Å²) in [6.07, 6.45) is 2.04. The van der Waals surface area contributed by atoms with Gasteiger partial charge in [-0.1, -0.05) is 36.4 Å². The van der Waals surface area contributed by atoms with Gasteiger partial charge in [-0.15, -0.1) is 0 Å². The lowest BCUT2D eigenvalue weighted by Gasteiger charge is -2.25. The Morgan fingerprint density at radius 3 is 2.45 bits per heavy atom. The molecule has 20 heavy (non-hydrogen) atoms. The SMILES string of the molecule is CSC(CO)C(C)NC(C)c1ccc2ccccc2c1. The molecule has 0 saturated heterocycles. The highest BCUT2D eigenvalue weighted by Crippen LogP contribution is 2.21. The summed E-state index contributed by atoms with van der Waals surface area (Å²) in [5, 5.41) is 15.7. The number of rotatable bonds is 6. The molecule has 3 unspecified atom stereocenters. The summed E-state index contributed by atoms with van der Waals surface area (Å²) in [6.45, 7) is 4.52. The molecule has 108 valence electrons. The third-order valence-electron chi connectivity index (χ3n) is 3.83. The summed E-state index contributed by atoms with van der Waals surface area (Å²) in [4.78, 5) is 0. The molecule has 2 rings (SSSR count). The van der Waals surface area contributed by atoms with E-state index < -0.39 is 0 Å². The van der Waals surface area contributed by atoms with Crippen molar-refractivity contribution in [3.63, 3.8) is 0 Å². The van der Waals surface area contributed by atoms with Gasteiger partial charge in [0.2, 0.25) is 0 Å². The Kier molecular flexibility index (Phi) is 5.46. The van der Waals surface area contributed by atoms with Crippen molar-refractivity contribution >= 4 is 22.5 Å². The zero-order valence-electron chi connectivity index (χ0n) is 12.3. The van der Waals surface area contributed by atoms with E-state index in [-0.39, 0.29) is 23.9 Å². The number of aliphatic hydroxyl groups excluding tert-OH is 1. The van der Waals surface area contributed by atoms with Gasteiger partial charge >= 0.3 is 0 Å². The first-order chi connectivity index (χ1) is 9.65. The van der Waals surface area contributed by atoms with Crippen LogP contribution in [0.3, 0.4) is 0 Å². The summed E-state index contributed by atoms with van der Waals surface area (Å²) in [7, 11) is 0.